The lowest BCUT2D eigenvalue weighted by molar-refractivity contribution is 0.221. The van der Waals surface area contributed by atoms with Crippen LogP contribution in [0.25, 0.3) is 0 Å². The smallest absolute Gasteiger partial charge is 0.135 e. The van der Waals surface area contributed by atoms with Crippen molar-refractivity contribution in [2.45, 2.75) is 71.2 Å². The van der Waals surface area contributed by atoms with Crippen LogP contribution in [0, 0.1) is 0 Å². The Balaban J connectivity index is 0.949. The van der Waals surface area contributed by atoms with Crippen molar-refractivity contribution in [3.05, 3.63) is 318 Å². The van der Waals surface area contributed by atoms with Crippen LogP contribution >= 0.6 is 0 Å². The predicted octanol–water partition coefficient (Wildman–Crippen LogP) is 15.2. The highest BCUT2D eigenvalue weighted by Crippen LogP contribution is 2.73. The van der Waals surface area contributed by atoms with E-state index >= 15 is 0 Å². The van der Waals surface area contributed by atoms with Crippen LogP contribution in [0.5, 0.6) is 103 Å². The van der Waals surface area contributed by atoms with Crippen molar-refractivity contribution in [1.29, 1.82) is 0 Å². The van der Waals surface area contributed by atoms with Gasteiger partial charge in [0.15, 0.2) is 0 Å². The summed E-state index contributed by atoms with van der Waals surface area (Å²) in [4.78, 5) is 0. The average Bonchev–Trinajstić information content (AvgIpc) is 1.53. The van der Waals surface area contributed by atoms with Crippen LogP contribution < -0.4 is 4.74 Å². The third-order valence-corrected chi connectivity index (χ3v) is 22.1. The molecule has 0 aromatic heterocycles. The molecule has 508 valence electrons. The fraction of sp³-hybridized carbons (Fsp3) is 0.143. The minimum absolute atomic E-state index is 0.0158. The number of phenolic OH excluding ortho intramolecular Hbond substituents is 17. The van der Waals surface area contributed by atoms with Gasteiger partial charge in [0.25, 0.3) is 0 Å². The molecule has 12 atom stereocenters. The Morgan fingerprint density at radius 2 is 0.588 bits per heavy atom. The number of benzene rings is 12. The highest BCUT2D eigenvalue weighted by Gasteiger charge is 2.58. The van der Waals surface area contributed by atoms with Gasteiger partial charge in [0.2, 0.25) is 0 Å². The molecule has 18 heteroatoms. The summed E-state index contributed by atoms with van der Waals surface area (Å²) in [7, 11) is 0. The van der Waals surface area contributed by atoms with Gasteiger partial charge in [-0.05, 0) is 176 Å². The normalized spacial score (nSPS) is 21.9. The molecule has 0 spiro atoms. The summed E-state index contributed by atoms with van der Waals surface area (Å²) in [6, 6.07) is 52.9. The van der Waals surface area contributed by atoms with Crippen molar-refractivity contribution in [1.82, 2.24) is 0 Å². The van der Waals surface area contributed by atoms with Gasteiger partial charge in [0.05, 0.1) is 5.92 Å². The second kappa shape index (κ2) is 23.1. The van der Waals surface area contributed by atoms with E-state index in [1.807, 2.05) is 0 Å². The van der Waals surface area contributed by atoms with Gasteiger partial charge < -0.3 is 91.5 Å². The highest BCUT2D eigenvalue weighted by molar-refractivity contribution is 5.76. The van der Waals surface area contributed by atoms with Crippen LogP contribution in [-0.4, -0.2) is 86.8 Å². The molecule has 0 saturated carbocycles. The van der Waals surface area contributed by atoms with Crippen molar-refractivity contribution in [2.75, 3.05) is 0 Å². The summed E-state index contributed by atoms with van der Waals surface area (Å²) in [5, 5.41) is 204. The molecule has 0 saturated heterocycles. The summed E-state index contributed by atoms with van der Waals surface area (Å²) in [5.41, 5.74) is 6.60. The standard InChI is InChI=1S/C84H64O18/c85-44-13-1-36(2-14-44)64-54-30-52(93)33-59(98)72(54)81(77-61(100)34-60(99)75-69(42-25-50(91)29-51(92)26-42)65(79(64)82(75)77)37-3-15-45(86)16-4-37)68(40-9-21-48(89)22-10-40)74-56(95)27-43(28-57(74)96)70-66(38-5-17-46(87)18-6-38)80-67(39-7-19-47(88)20-8-39)71-55(31-53(94)32-58(71)97)73-78-63(35-62(101)76(70)83(78)80)102-84(73)41-11-23-49(90)24-12-41/h1-35,64-70,73,79-81,84-101H. The average molecular weight is 1360 g/mol. The Labute approximate surface area is 581 Å². The monoisotopic (exact) mass is 1360 g/mol. The minimum atomic E-state index is -1.49. The van der Waals surface area contributed by atoms with Crippen molar-refractivity contribution in [3.8, 4) is 103 Å². The summed E-state index contributed by atoms with van der Waals surface area (Å²) < 4.78 is 6.95. The van der Waals surface area contributed by atoms with Gasteiger partial charge in [-0.15, -0.1) is 0 Å². The van der Waals surface area contributed by atoms with Crippen molar-refractivity contribution in [2.24, 2.45) is 0 Å². The van der Waals surface area contributed by atoms with Crippen molar-refractivity contribution >= 4 is 0 Å². The summed E-state index contributed by atoms with van der Waals surface area (Å²) in [6.45, 7) is 0. The molecule has 17 rings (SSSR count). The lowest BCUT2D eigenvalue weighted by Crippen LogP contribution is -2.21. The zero-order chi connectivity index (χ0) is 70.7. The van der Waals surface area contributed by atoms with Crippen LogP contribution in [0.4, 0.5) is 0 Å². The quantitative estimate of drug-likeness (QED) is 0.0605. The molecule has 12 unspecified atom stereocenters. The maximum absolute atomic E-state index is 13.7. The van der Waals surface area contributed by atoms with Gasteiger partial charge in [-0.3, -0.25) is 0 Å². The first-order valence-electron chi connectivity index (χ1n) is 33.2. The third kappa shape index (κ3) is 9.60. The van der Waals surface area contributed by atoms with E-state index in [4.69, 9.17) is 4.74 Å². The summed E-state index contributed by atoms with van der Waals surface area (Å²) >= 11 is 0. The van der Waals surface area contributed by atoms with Crippen LogP contribution in [-0.2, 0) is 0 Å². The second-order valence-electron chi connectivity index (χ2n) is 27.5. The number of rotatable bonds is 10. The van der Waals surface area contributed by atoms with Crippen LogP contribution in [0.3, 0.4) is 0 Å². The fourth-order valence-corrected chi connectivity index (χ4v) is 18.5. The SMILES string of the molecule is Oc1ccc(C2Oc3cc(O)c4c5c3C2c2cc(O)cc(O)c2C(c2ccc(O)cc2)C5C(c2ccc(O)cc2)C4c2cc(O)c(C(c3ccc(O)cc3)C3c4c(O)cc(O)cc4C(c4ccc(O)cc4)C4c5c3c(O)cc(O)c5C(c3cc(O)cc(O)c3)C4c3ccc(O)cc3)c(O)c2)cc1. The Morgan fingerprint density at radius 3 is 1.09 bits per heavy atom. The van der Waals surface area contributed by atoms with Gasteiger partial charge in [-0.25, -0.2) is 0 Å². The summed E-state index contributed by atoms with van der Waals surface area (Å²) in [6.07, 6.45) is -0.899. The van der Waals surface area contributed by atoms with E-state index in [-0.39, 0.29) is 114 Å². The maximum atomic E-state index is 13.7. The number of phenols is 17. The number of hydrogen-bond acceptors (Lipinski definition) is 18. The lowest BCUT2D eigenvalue weighted by atomic mass is 9.68. The van der Waals surface area contributed by atoms with E-state index in [9.17, 15) is 86.8 Å². The first-order valence-corrected chi connectivity index (χ1v) is 33.2. The second-order valence-corrected chi connectivity index (χ2v) is 27.5. The first kappa shape index (κ1) is 62.6. The van der Waals surface area contributed by atoms with Gasteiger partial charge in [-0.1, -0.05) is 72.8 Å². The molecule has 17 N–H and O–H groups in total. The van der Waals surface area contributed by atoms with Gasteiger partial charge >= 0.3 is 0 Å². The minimum Gasteiger partial charge on any atom is -0.508 e. The topological polar surface area (TPSA) is 353 Å². The fourth-order valence-electron chi connectivity index (χ4n) is 18.5. The van der Waals surface area contributed by atoms with Crippen molar-refractivity contribution in [3.63, 3.8) is 0 Å². The molecule has 5 aliphatic rings. The maximum Gasteiger partial charge on any atom is 0.135 e. The molecule has 0 amide bonds. The highest BCUT2D eigenvalue weighted by atomic mass is 16.5. The van der Waals surface area contributed by atoms with Crippen LogP contribution in [0.15, 0.2) is 212 Å². The molecule has 102 heavy (non-hydrogen) atoms. The van der Waals surface area contributed by atoms with E-state index in [0.29, 0.717) is 61.2 Å². The number of aromatic hydroxyl groups is 17. The number of ether oxygens (including phenoxy) is 1. The Morgan fingerprint density at radius 1 is 0.225 bits per heavy atom. The lowest BCUT2D eigenvalue weighted by Gasteiger charge is -2.35. The molecule has 1 aliphatic heterocycles. The molecular weight excluding hydrogens is 1300 g/mol. The molecule has 0 radical (unpaired) electrons. The van der Waals surface area contributed by atoms with Crippen molar-refractivity contribution < 1.29 is 91.5 Å². The molecule has 12 aromatic carbocycles. The Kier molecular flexibility index (Phi) is 14.1. The molecular formula is C84H64O18. The van der Waals surface area contributed by atoms with E-state index in [0.717, 1.165) is 18.2 Å². The molecule has 12 aromatic rings. The zero-order valence-corrected chi connectivity index (χ0v) is 53.6. The largest absolute Gasteiger partial charge is 0.508 e. The Bertz CT molecular complexity index is 5360. The van der Waals surface area contributed by atoms with Crippen LogP contribution in [0.1, 0.15) is 177 Å². The number of fused-ring (bicyclic) bond motifs is 3. The van der Waals surface area contributed by atoms with Gasteiger partial charge in [-0.2, -0.15) is 0 Å². The van der Waals surface area contributed by atoms with E-state index in [1.165, 1.54) is 115 Å². The number of hydrogen-bond donors (Lipinski definition) is 17. The molecule has 1 heterocycles. The van der Waals surface area contributed by atoms with Crippen LogP contribution in [0.2, 0.25) is 0 Å². The van der Waals surface area contributed by atoms with E-state index in [1.54, 1.807) is 78.9 Å². The molecule has 0 fully saturated rings. The molecule has 4 aliphatic carbocycles. The third-order valence-electron chi connectivity index (χ3n) is 22.1. The van der Waals surface area contributed by atoms with E-state index in [2.05, 4.69) is 0 Å². The first-order chi connectivity index (χ1) is 49.1. The van der Waals surface area contributed by atoms with Gasteiger partial charge in [0.1, 0.15) is 110 Å². The van der Waals surface area contributed by atoms with E-state index < -0.39 is 106 Å². The molecule has 0 bridgehead atoms. The zero-order valence-electron chi connectivity index (χ0n) is 53.6. The Hall–Kier alpha value is -13.0. The van der Waals surface area contributed by atoms with Gasteiger partial charge in [0, 0.05) is 128 Å². The predicted molar refractivity (Wildman–Crippen MR) is 373 cm³/mol. The molecule has 18 nitrogen and oxygen atoms in total. The summed E-state index contributed by atoms with van der Waals surface area (Å²) in [5.74, 6) is -16.2.